The van der Waals surface area contributed by atoms with Crippen molar-refractivity contribution < 1.29 is 4.74 Å². The molecule has 0 atom stereocenters. The molecule has 0 aromatic heterocycles. The Hall–Kier alpha value is -1.42. The monoisotopic (exact) mass is 235 g/mol. The lowest BCUT2D eigenvalue weighted by Gasteiger charge is -2.28. The third-order valence-corrected chi connectivity index (χ3v) is 2.88. The van der Waals surface area contributed by atoms with Gasteiger partial charge in [-0.15, -0.1) is 0 Å². The summed E-state index contributed by atoms with van der Waals surface area (Å²) in [6.07, 6.45) is 3.85. The number of hydrogen-bond donors (Lipinski definition) is 2. The van der Waals surface area contributed by atoms with Crippen molar-refractivity contribution in [1.29, 1.82) is 0 Å². The number of nitrogens with zero attached hydrogens (tertiary/aromatic N) is 1. The Morgan fingerprint density at radius 2 is 2.00 bits per heavy atom. The molecule has 94 valence electrons. The second kappa shape index (κ2) is 5.77. The normalized spacial score (nSPS) is 16.8. The van der Waals surface area contributed by atoms with Crippen molar-refractivity contribution in [3.63, 3.8) is 0 Å². The Kier molecular flexibility index (Phi) is 4.09. The molecule has 1 aliphatic heterocycles. The van der Waals surface area contributed by atoms with Gasteiger partial charge in [0.2, 0.25) is 0 Å². The van der Waals surface area contributed by atoms with Gasteiger partial charge >= 0.3 is 0 Å². The van der Waals surface area contributed by atoms with E-state index < -0.39 is 0 Å². The number of ether oxygens (including phenoxy) is 1. The van der Waals surface area contributed by atoms with Crippen molar-refractivity contribution in [2.24, 2.45) is 0 Å². The van der Waals surface area contributed by atoms with Crippen LogP contribution in [0.3, 0.4) is 0 Å². The minimum absolute atomic E-state index is 0.659. The zero-order valence-electron chi connectivity index (χ0n) is 10.4. The van der Waals surface area contributed by atoms with Gasteiger partial charge in [0.05, 0.1) is 12.3 Å². The van der Waals surface area contributed by atoms with Crippen LogP contribution >= 0.6 is 0 Å². The number of hydrogen-bond acceptors (Lipinski definition) is 4. The van der Waals surface area contributed by atoms with Crippen molar-refractivity contribution in [2.75, 3.05) is 30.9 Å². The summed E-state index contributed by atoms with van der Waals surface area (Å²) in [5.41, 5.74) is 11.0. The van der Waals surface area contributed by atoms with E-state index in [2.05, 4.69) is 10.4 Å². The molecule has 2 rings (SSSR count). The maximum absolute atomic E-state index is 5.86. The number of nitrogens with one attached hydrogen (secondary N) is 1. The first-order chi connectivity index (χ1) is 8.28. The van der Waals surface area contributed by atoms with Gasteiger partial charge in [-0.25, -0.2) is 5.01 Å². The highest BCUT2D eigenvalue weighted by Crippen LogP contribution is 2.23. The second-order valence-electron chi connectivity index (χ2n) is 4.38. The molecule has 0 bridgehead atoms. The molecule has 4 heteroatoms. The van der Waals surface area contributed by atoms with Gasteiger partial charge in [0.15, 0.2) is 0 Å². The number of rotatable bonds is 4. The van der Waals surface area contributed by atoms with Crippen LogP contribution in [0.25, 0.3) is 0 Å². The van der Waals surface area contributed by atoms with Gasteiger partial charge in [-0.3, -0.25) is 0 Å². The van der Waals surface area contributed by atoms with Crippen molar-refractivity contribution in [1.82, 2.24) is 5.01 Å². The summed E-state index contributed by atoms with van der Waals surface area (Å²) < 4.78 is 5.48. The molecule has 0 saturated carbocycles. The van der Waals surface area contributed by atoms with Crippen molar-refractivity contribution >= 4 is 11.4 Å². The van der Waals surface area contributed by atoms with Crippen LogP contribution in [0.1, 0.15) is 26.2 Å². The summed E-state index contributed by atoms with van der Waals surface area (Å²) in [6, 6.07) is 5.79. The number of benzene rings is 1. The molecular weight excluding hydrogens is 214 g/mol. The molecule has 4 nitrogen and oxygen atoms in total. The quantitative estimate of drug-likeness (QED) is 0.787. The Labute approximate surface area is 103 Å². The van der Waals surface area contributed by atoms with Crippen LogP contribution in [0.15, 0.2) is 18.2 Å². The maximum atomic E-state index is 5.86. The third kappa shape index (κ3) is 3.53. The van der Waals surface area contributed by atoms with Gasteiger partial charge in [0, 0.05) is 30.9 Å². The predicted octanol–water partition coefficient (Wildman–Crippen LogP) is 2.48. The van der Waals surface area contributed by atoms with Crippen LogP contribution in [-0.2, 0) is 0 Å². The largest absolute Gasteiger partial charge is 0.494 e. The number of hydrazine groups is 1. The molecule has 1 aromatic carbocycles. The van der Waals surface area contributed by atoms with Crippen LogP contribution < -0.4 is 15.9 Å². The first-order valence-electron chi connectivity index (χ1n) is 6.33. The van der Waals surface area contributed by atoms with E-state index in [0.717, 1.165) is 30.2 Å². The summed E-state index contributed by atoms with van der Waals surface area (Å²) in [7, 11) is 0. The van der Waals surface area contributed by atoms with Crippen LogP contribution in [-0.4, -0.2) is 24.7 Å². The molecule has 17 heavy (non-hydrogen) atoms. The average Bonchev–Trinajstić information content (AvgIpc) is 2.30. The zero-order valence-corrected chi connectivity index (χ0v) is 10.4. The van der Waals surface area contributed by atoms with E-state index in [1.54, 1.807) is 0 Å². The van der Waals surface area contributed by atoms with E-state index in [-0.39, 0.29) is 0 Å². The molecule has 1 saturated heterocycles. The number of nitrogens with two attached hydrogens (primary N) is 1. The third-order valence-electron chi connectivity index (χ3n) is 2.88. The van der Waals surface area contributed by atoms with Gasteiger partial charge in [-0.05, 0) is 25.8 Å². The van der Waals surface area contributed by atoms with Crippen LogP contribution in [0.4, 0.5) is 11.4 Å². The first kappa shape index (κ1) is 12.0. The molecule has 0 spiro atoms. The fourth-order valence-electron chi connectivity index (χ4n) is 2.12. The molecule has 0 aliphatic carbocycles. The summed E-state index contributed by atoms with van der Waals surface area (Å²) in [4.78, 5) is 0. The van der Waals surface area contributed by atoms with Crippen molar-refractivity contribution in [3.05, 3.63) is 18.2 Å². The first-order valence-corrected chi connectivity index (χ1v) is 6.33. The summed E-state index contributed by atoms with van der Waals surface area (Å²) >= 11 is 0. The molecule has 0 amide bonds. The lowest BCUT2D eigenvalue weighted by atomic mass is 10.2. The minimum Gasteiger partial charge on any atom is -0.494 e. The fraction of sp³-hybridized carbons (Fsp3) is 0.538. The van der Waals surface area contributed by atoms with E-state index in [1.165, 1.54) is 19.3 Å². The Bertz CT molecular complexity index is 362. The second-order valence-corrected chi connectivity index (χ2v) is 4.38. The average molecular weight is 235 g/mol. The highest BCUT2D eigenvalue weighted by Gasteiger charge is 2.10. The molecule has 3 N–H and O–H groups in total. The maximum Gasteiger partial charge on any atom is 0.123 e. The van der Waals surface area contributed by atoms with E-state index in [1.807, 2.05) is 25.1 Å². The number of anilines is 2. The standard InChI is InChI=1S/C13H21N3O/c1-2-17-13-9-11(14)8-12(10-13)15-16-6-4-3-5-7-16/h8-10,15H,2-7,14H2,1H3. The smallest absolute Gasteiger partial charge is 0.123 e. The lowest BCUT2D eigenvalue weighted by Crippen LogP contribution is -2.34. The van der Waals surface area contributed by atoms with Crippen molar-refractivity contribution in [3.8, 4) is 5.75 Å². The number of nitrogen functional groups attached to an aromatic ring is 1. The highest BCUT2D eigenvalue weighted by molar-refractivity contribution is 5.58. The van der Waals surface area contributed by atoms with Crippen LogP contribution in [0.5, 0.6) is 5.75 Å². The van der Waals surface area contributed by atoms with Gasteiger partial charge in [0.1, 0.15) is 5.75 Å². The molecule has 1 fully saturated rings. The topological polar surface area (TPSA) is 50.5 Å². The number of piperidine rings is 1. The molecule has 1 aliphatic rings. The van der Waals surface area contributed by atoms with E-state index in [0.29, 0.717) is 6.61 Å². The summed E-state index contributed by atoms with van der Waals surface area (Å²) in [5, 5.41) is 2.24. The fourth-order valence-corrected chi connectivity index (χ4v) is 2.12. The van der Waals surface area contributed by atoms with Gasteiger partial charge in [-0.2, -0.15) is 0 Å². The van der Waals surface area contributed by atoms with E-state index in [4.69, 9.17) is 10.5 Å². The Morgan fingerprint density at radius 1 is 1.24 bits per heavy atom. The summed E-state index contributed by atoms with van der Waals surface area (Å²) in [6.45, 7) is 4.82. The van der Waals surface area contributed by atoms with E-state index >= 15 is 0 Å². The minimum atomic E-state index is 0.659. The van der Waals surface area contributed by atoms with Gasteiger partial charge < -0.3 is 15.9 Å². The zero-order chi connectivity index (χ0) is 12.1. The molecule has 1 aromatic rings. The predicted molar refractivity (Wildman–Crippen MR) is 71.1 cm³/mol. The molecular formula is C13H21N3O. The van der Waals surface area contributed by atoms with Gasteiger partial charge in [0.25, 0.3) is 0 Å². The SMILES string of the molecule is CCOc1cc(N)cc(NN2CCCCC2)c1. The van der Waals surface area contributed by atoms with Crippen LogP contribution in [0, 0.1) is 0 Å². The Morgan fingerprint density at radius 3 is 2.71 bits per heavy atom. The van der Waals surface area contributed by atoms with Crippen LogP contribution in [0.2, 0.25) is 0 Å². The van der Waals surface area contributed by atoms with Gasteiger partial charge in [-0.1, -0.05) is 6.42 Å². The summed E-state index contributed by atoms with van der Waals surface area (Å²) in [5.74, 6) is 0.826. The Balaban J connectivity index is 2.03. The molecule has 1 heterocycles. The molecule has 0 unspecified atom stereocenters. The molecule has 0 radical (unpaired) electrons. The lowest BCUT2D eigenvalue weighted by molar-refractivity contribution is 0.273. The van der Waals surface area contributed by atoms with Crippen molar-refractivity contribution in [2.45, 2.75) is 26.2 Å². The van der Waals surface area contributed by atoms with E-state index in [9.17, 15) is 0 Å². The highest BCUT2D eigenvalue weighted by atomic mass is 16.5.